The van der Waals surface area contributed by atoms with Crippen molar-refractivity contribution in [1.29, 1.82) is 0 Å². The lowest BCUT2D eigenvalue weighted by Crippen LogP contribution is -2.17. The number of para-hydroxylation sites is 1. The highest BCUT2D eigenvalue weighted by molar-refractivity contribution is 7.93. The maximum Gasteiger partial charge on any atom is 0.337 e. The molecular formula is C23H25N5O7S. The molecule has 12 nitrogen and oxygen atoms in total. The normalized spacial score (nSPS) is 11.5. The van der Waals surface area contributed by atoms with Gasteiger partial charge in [0, 0.05) is 42.7 Å². The molecule has 0 aliphatic rings. The summed E-state index contributed by atoms with van der Waals surface area (Å²) in [6.07, 6.45) is 1.51. The molecule has 13 heteroatoms. The van der Waals surface area contributed by atoms with E-state index in [4.69, 9.17) is 4.74 Å². The molecule has 0 aliphatic carbocycles. The van der Waals surface area contributed by atoms with Crippen LogP contribution in [0.5, 0.6) is 0 Å². The fraction of sp³-hybridized carbons (Fsp3) is 0.217. The standard InChI is InChI=1S/C23H25N5O7S/c1-15-12-17(16(2)27(15)10-11-35-3)14-24-25-21-9-8-18(28(31)32)13-22(21)36(33,34)26-20-7-5-4-6-19(20)23(29)30/h4-9,12-14,25-26H,10-11H2,1-3H3,(H,29,30)/b24-14-. The Kier molecular flexibility index (Phi) is 8.07. The number of nitrogens with zero attached hydrogens (tertiary/aromatic N) is 3. The van der Waals surface area contributed by atoms with Crippen molar-refractivity contribution in [2.45, 2.75) is 25.3 Å². The summed E-state index contributed by atoms with van der Waals surface area (Å²) in [5, 5.41) is 24.8. The van der Waals surface area contributed by atoms with E-state index in [2.05, 4.69) is 19.8 Å². The lowest BCUT2D eigenvalue weighted by atomic mass is 10.2. The summed E-state index contributed by atoms with van der Waals surface area (Å²) in [5.41, 5.74) is 4.38. The third-order valence-electron chi connectivity index (χ3n) is 5.39. The van der Waals surface area contributed by atoms with Gasteiger partial charge >= 0.3 is 5.97 Å². The zero-order valence-corrected chi connectivity index (χ0v) is 20.6. The minimum absolute atomic E-state index is 0.0367. The molecule has 3 rings (SSSR count). The van der Waals surface area contributed by atoms with Crippen molar-refractivity contribution in [3.8, 4) is 0 Å². The van der Waals surface area contributed by atoms with Crippen LogP contribution < -0.4 is 10.1 Å². The Labute approximate surface area is 207 Å². The van der Waals surface area contributed by atoms with Gasteiger partial charge in [0.15, 0.2) is 0 Å². The summed E-state index contributed by atoms with van der Waals surface area (Å²) in [6, 6.07) is 10.6. The fourth-order valence-electron chi connectivity index (χ4n) is 3.55. The van der Waals surface area contributed by atoms with E-state index in [-0.39, 0.29) is 16.9 Å². The third kappa shape index (κ3) is 5.87. The molecule has 3 aromatic rings. The van der Waals surface area contributed by atoms with E-state index in [0.717, 1.165) is 29.1 Å². The molecule has 2 aromatic carbocycles. The van der Waals surface area contributed by atoms with Gasteiger partial charge < -0.3 is 14.4 Å². The number of ether oxygens (including phenoxy) is 1. The molecule has 0 unspecified atom stereocenters. The minimum atomic E-state index is -4.44. The lowest BCUT2D eigenvalue weighted by Gasteiger charge is -2.13. The van der Waals surface area contributed by atoms with Gasteiger partial charge in [-0.05, 0) is 38.1 Å². The van der Waals surface area contributed by atoms with Crippen LogP contribution in [0.25, 0.3) is 0 Å². The van der Waals surface area contributed by atoms with Crippen LogP contribution in [-0.4, -0.2) is 48.9 Å². The SMILES string of the molecule is COCCn1c(C)cc(/C=N\Nc2ccc([N+](=O)[O-])cc2S(=O)(=O)Nc2ccccc2C(=O)O)c1C. The Hall–Kier alpha value is -4.23. The van der Waals surface area contributed by atoms with Gasteiger partial charge in [0.1, 0.15) is 4.90 Å². The zero-order valence-electron chi connectivity index (χ0n) is 19.8. The van der Waals surface area contributed by atoms with Crippen molar-refractivity contribution >= 4 is 39.3 Å². The van der Waals surface area contributed by atoms with Gasteiger partial charge in [-0.2, -0.15) is 5.10 Å². The molecule has 0 bridgehead atoms. The first-order chi connectivity index (χ1) is 17.0. The number of aromatic nitrogens is 1. The molecule has 0 atom stereocenters. The molecule has 0 radical (unpaired) electrons. The molecule has 0 amide bonds. The van der Waals surface area contributed by atoms with Crippen LogP contribution in [-0.2, 0) is 21.3 Å². The Bertz CT molecular complexity index is 1430. The van der Waals surface area contributed by atoms with E-state index in [1.165, 1.54) is 36.5 Å². The summed E-state index contributed by atoms with van der Waals surface area (Å²) < 4.78 is 35.7. The molecule has 0 saturated carbocycles. The van der Waals surface area contributed by atoms with Crippen LogP contribution in [0.15, 0.2) is 58.5 Å². The second-order valence-corrected chi connectivity index (χ2v) is 9.39. The van der Waals surface area contributed by atoms with Crippen molar-refractivity contribution in [2.75, 3.05) is 23.9 Å². The van der Waals surface area contributed by atoms with Crippen LogP contribution in [0.3, 0.4) is 0 Å². The molecule has 190 valence electrons. The summed E-state index contributed by atoms with van der Waals surface area (Å²) in [6.45, 7) is 5.04. The highest BCUT2D eigenvalue weighted by Gasteiger charge is 2.24. The van der Waals surface area contributed by atoms with Gasteiger partial charge in [-0.1, -0.05) is 12.1 Å². The third-order valence-corrected chi connectivity index (χ3v) is 6.79. The lowest BCUT2D eigenvalue weighted by molar-refractivity contribution is -0.385. The number of methoxy groups -OCH3 is 1. The predicted molar refractivity (Wildman–Crippen MR) is 134 cm³/mol. The van der Waals surface area contributed by atoms with E-state index in [1.54, 1.807) is 7.11 Å². The molecule has 0 fully saturated rings. The number of aryl methyl sites for hydroxylation is 1. The van der Waals surface area contributed by atoms with Crippen LogP contribution >= 0.6 is 0 Å². The van der Waals surface area contributed by atoms with Crippen LogP contribution in [0.4, 0.5) is 17.1 Å². The first-order valence-electron chi connectivity index (χ1n) is 10.6. The largest absolute Gasteiger partial charge is 0.478 e. The number of non-ortho nitro benzene ring substituents is 1. The van der Waals surface area contributed by atoms with Crippen molar-refractivity contribution in [3.05, 3.63) is 81.2 Å². The smallest absolute Gasteiger partial charge is 0.337 e. The monoisotopic (exact) mass is 515 g/mol. The predicted octanol–water partition coefficient (Wildman–Crippen LogP) is 3.60. The van der Waals surface area contributed by atoms with E-state index in [0.29, 0.717) is 13.2 Å². The number of aromatic carboxylic acids is 1. The quantitative estimate of drug-likeness (QED) is 0.198. The summed E-state index contributed by atoms with van der Waals surface area (Å²) in [4.78, 5) is 21.6. The highest BCUT2D eigenvalue weighted by Crippen LogP contribution is 2.29. The van der Waals surface area contributed by atoms with Gasteiger partial charge in [0.05, 0.1) is 34.7 Å². The molecule has 3 N–H and O–H groups in total. The number of carboxylic acid groups (broad SMARTS) is 1. The maximum absolute atomic E-state index is 13.2. The second kappa shape index (κ2) is 11.0. The number of nitrogens with one attached hydrogen (secondary N) is 2. The minimum Gasteiger partial charge on any atom is -0.478 e. The number of nitro groups is 1. The van der Waals surface area contributed by atoms with E-state index < -0.39 is 31.5 Å². The van der Waals surface area contributed by atoms with Crippen LogP contribution in [0, 0.1) is 24.0 Å². The summed E-state index contributed by atoms with van der Waals surface area (Å²) in [5.74, 6) is -1.33. The Morgan fingerprint density at radius 3 is 2.58 bits per heavy atom. The molecule has 36 heavy (non-hydrogen) atoms. The van der Waals surface area contributed by atoms with Gasteiger partial charge in [-0.25, -0.2) is 13.2 Å². The molecule has 0 saturated heterocycles. The number of sulfonamides is 1. The maximum atomic E-state index is 13.2. The Balaban J connectivity index is 1.95. The van der Waals surface area contributed by atoms with Gasteiger partial charge in [0.25, 0.3) is 15.7 Å². The van der Waals surface area contributed by atoms with Gasteiger partial charge in [-0.3, -0.25) is 20.3 Å². The summed E-state index contributed by atoms with van der Waals surface area (Å²) in [7, 11) is -2.83. The first-order valence-corrected chi connectivity index (χ1v) is 12.1. The molecule has 1 heterocycles. The second-order valence-electron chi connectivity index (χ2n) is 7.73. The number of nitro benzene ring substituents is 1. The molecule has 0 spiro atoms. The topological polar surface area (TPSA) is 165 Å². The highest BCUT2D eigenvalue weighted by atomic mass is 32.2. The van der Waals surface area contributed by atoms with Gasteiger partial charge in [-0.15, -0.1) is 0 Å². The number of rotatable bonds is 11. The number of carboxylic acids is 1. The van der Waals surface area contributed by atoms with E-state index in [9.17, 15) is 28.4 Å². The number of hydrogen-bond donors (Lipinski definition) is 3. The first kappa shape index (κ1) is 26.4. The number of hydrazone groups is 1. The van der Waals surface area contributed by atoms with Crippen molar-refractivity contribution in [1.82, 2.24) is 4.57 Å². The van der Waals surface area contributed by atoms with Crippen molar-refractivity contribution < 1.29 is 28.0 Å². The molecule has 0 aliphatic heterocycles. The van der Waals surface area contributed by atoms with Crippen LogP contribution in [0.1, 0.15) is 27.3 Å². The van der Waals surface area contributed by atoms with Gasteiger partial charge in [0.2, 0.25) is 0 Å². The van der Waals surface area contributed by atoms with Crippen LogP contribution in [0.2, 0.25) is 0 Å². The zero-order chi connectivity index (χ0) is 26.5. The Morgan fingerprint density at radius 1 is 1.19 bits per heavy atom. The number of anilines is 2. The van der Waals surface area contributed by atoms with E-state index in [1.807, 2.05) is 19.9 Å². The number of benzene rings is 2. The van der Waals surface area contributed by atoms with E-state index >= 15 is 0 Å². The molecular weight excluding hydrogens is 490 g/mol. The molecule has 1 aromatic heterocycles. The fourth-order valence-corrected chi connectivity index (χ4v) is 4.81. The average Bonchev–Trinajstić information content (AvgIpc) is 3.09. The Morgan fingerprint density at radius 2 is 1.92 bits per heavy atom. The van der Waals surface area contributed by atoms with Crippen molar-refractivity contribution in [3.63, 3.8) is 0 Å². The number of hydrogen-bond acceptors (Lipinski definition) is 8. The summed E-state index contributed by atoms with van der Waals surface area (Å²) >= 11 is 0. The number of carbonyl (C=O) groups is 1. The van der Waals surface area contributed by atoms with Crippen molar-refractivity contribution in [2.24, 2.45) is 5.10 Å². The average molecular weight is 516 g/mol.